The van der Waals surface area contributed by atoms with E-state index < -0.39 is 0 Å². The Hall–Kier alpha value is -2.54. The molecule has 1 aromatic carbocycles. The minimum absolute atomic E-state index is 0. The summed E-state index contributed by atoms with van der Waals surface area (Å²) in [7, 11) is 0. The van der Waals surface area contributed by atoms with Crippen LogP contribution in [0.1, 0.15) is 88.0 Å². The molecule has 6 nitrogen and oxygen atoms in total. The molecule has 1 aliphatic carbocycles. The Balaban J connectivity index is 0.00000342. The van der Waals surface area contributed by atoms with E-state index >= 15 is 0 Å². The predicted octanol–water partition coefficient (Wildman–Crippen LogP) is 6.67. The van der Waals surface area contributed by atoms with E-state index in [1.165, 1.54) is 12.1 Å². The lowest BCUT2D eigenvalue weighted by Gasteiger charge is -2.19. The van der Waals surface area contributed by atoms with Gasteiger partial charge in [-0.3, -0.25) is 4.79 Å². The summed E-state index contributed by atoms with van der Waals surface area (Å²) in [6, 6.07) is 6.92. The average molecular weight is 503 g/mol. The number of nitrogens with zero attached hydrogens (tertiary/aromatic N) is 4. The molecule has 8 heteroatoms. The number of carbonyl (C=O) groups is 1. The molecule has 35 heavy (non-hydrogen) atoms. The van der Waals surface area contributed by atoms with Crippen LogP contribution >= 0.6 is 12.4 Å². The lowest BCUT2D eigenvalue weighted by molar-refractivity contribution is -0.118. The minimum atomic E-state index is -0.277. The summed E-state index contributed by atoms with van der Waals surface area (Å²) >= 11 is 0. The summed E-state index contributed by atoms with van der Waals surface area (Å²) in [5, 5.41) is 13.4. The fourth-order valence-electron chi connectivity index (χ4n) is 4.63. The van der Waals surface area contributed by atoms with Crippen molar-refractivity contribution in [2.24, 2.45) is 11.8 Å². The van der Waals surface area contributed by atoms with Crippen molar-refractivity contribution in [3.8, 4) is 11.5 Å². The second-order valence-electron chi connectivity index (χ2n) is 10.6. The third-order valence-corrected chi connectivity index (χ3v) is 6.32. The number of Topliss-reactive ketones (excluding diaryl/α,β-unsaturated/α-hetero) is 1. The predicted molar refractivity (Wildman–Crippen MR) is 136 cm³/mol. The SMILES string of the molecule is Cc1cc(F)ccc1CC(=O)C[C@H](CC(C)C)c1nnc(-c2cc(CC(C)C)on2)n1C1CC1.Cl. The van der Waals surface area contributed by atoms with Gasteiger partial charge in [0.15, 0.2) is 11.5 Å². The Bertz CT molecular complexity index is 1150. The van der Waals surface area contributed by atoms with Crippen LogP contribution in [0.3, 0.4) is 0 Å². The van der Waals surface area contributed by atoms with Gasteiger partial charge in [0.1, 0.15) is 23.2 Å². The van der Waals surface area contributed by atoms with Crippen LogP contribution in [-0.4, -0.2) is 25.7 Å². The number of carbonyl (C=O) groups excluding carboxylic acids is 1. The van der Waals surface area contributed by atoms with E-state index in [-0.39, 0.29) is 29.9 Å². The normalized spacial score (nSPS) is 14.4. The minimum Gasteiger partial charge on any atom is -0.361 e. The van der Waals surface area contributed by atoms with Crippen molar-refractivity contribution in [2.75, 3.05) is 0 Å². The maximum absolute atomic E-state index is 13.5. The number of benzene rings is 1. The number of aryl methyl sites for hydroxylation is 1. The van der Waals surface area contributed by atoms with Crippen molar-refractivity contribution in [2.45, 2.75) is 85.1 Å². The van der Waals surface area contributed by atoms with Gasteiger partial charge < -0.3 is 9.09 Å². The maximum atomic E-state index is 13.5. The van der Waals surface area contributed by atoms with Crippen LogP contribution in [0.4, 0.5) is 4.39 Å². The molecule has 1 fully saturated rings. The Morgan fingerprint density at radius 1 is 1.14 bits per heavy atom. The summed E-state index contributed by atoms with van der Waals surface area (Å²) in [5.41, 5.74) is 2.39. The van der Waals surface area contributed by atoms with Crippen LogP contribution in [0.15, 0.2) is 28.8 Å². The van der Waals surface area contributed by atoms with Gasteiger partial charge in [0.05, 0.1) is 0 Å². The standard InChI is InChI=1S/C27H35FN4O2.ClH/c1-16(2)10-20(14-23(33)13-19-6-7-21(28)12-18(19)5)26-29-30-27(32(26)22-8-9-22)25-15-24(34-31-25)11-17(3)4;/h6-7,12,15-17,20,22H,8-11,13-14H2,1-5H3;1H/t20-;/m0./s1. The fourth-order valence-corrected chi connectivity index (χ4v) is 4.63. The highest BCUT2D eigenvalue weighted by Gasteiger charge is 2.34. The number of hydrogen-bond donors (Lipinski definition) is 0. The van der Waals surface area contributed by atoms with E-state index in [0.29, 0.717) is 36.4 Å². The quantitative estimate of drug-likeness (QED) is 0.293. The molecule has 2 heterocycles. The van der Waals surface area contributed by atoms with Crippen molar-refractivity contribution >= 4 is 18.2 Å². The molecule has 0 spiro atoms. The molecule has 0 saturated heterocycles. The Morgan fingerprint density at radius 3 is 2.51 bits per heavy atom. The zero-order chi connectivity index (χ0) is 24.4. The second-order valence-corrected chi connectivity index (χ2v) is 10.6. The number of ketones is 1. The lowest BCUT2D eigenvalue weighted by Crippen LogP contribution is -2.17. The van der Waals surface area contributed by atoms with E-state index in [0.717, 1.165) is 54.2 Å². The number of rotatable bonds is 11. The third-order valence-electron chi connectivity index (χ3n) is 6.32. The average Bonchev–Trinajstić information content (AvgIpc) is 3.32. The molecule has 0 amide bonds. The van der Waals surface area contributed by atoms with Gasteiger partial charge in [0.25, 0.3) is 0 Å². The third kappa shape index (κ3) is 6.78. The highest BCUT2D eigenvalue weighted by Crippen LogP contribution is 2.42. The second kappa shape index (κ2) is 11.5. The van der Waals surface area contributed by atoms with Crippen LogP contribution in [-0.2, 0) is 17.6 Å². The summed E-state index contributed by atoms with van der Waals surface area (Å²) in [5.74, 6) is 3.15. The van der Waals surface area contributed by atoms with Gasteiger partial charge in [-0.1, -0.05) is 38.9 Å². The van der Waals surface area contributed by atoms with E-state index in [2.05, 4.69) is 47.6 Å². The van der Waals surface area contributed by atoms with E-state index in [9.17, 15) is 9.18 Å². The first-order valence-electron chi connectivity index (χ1n) is 12.4. The van der Waals surface area contributed by atoms with Gasteiger partial charge in [-0.2, -0.15) is 0 Å². The Kier molecular flexibility index (Phi) is 8.86. The monoisotopic (exact) mass is 502 g/mol. The Morgan fingerprint density at radius 2 is 1.89 bits per heavy atom. The zero-order valence-corrected chi connectivity index (χ0v) is 22.1. The summed E-state index contributed by atoms with van der Waals surface area (Å²) in [6.07, 6.45) is 4.50. The molecule has 1 atom stereocenters. The number of hydrogen-bond acceptors (Lipinski definition) is 5. The molecular weight excluding hydrogens is 467 g/mol. The molecule has 4 rings (SSSR count). The van der Waals surface area contributed by atoms with Crippen LogP contribution in [0, 0.1) is 24.6 Å². The van der Waals surface area contributed by atoms with E-state index in [1.54, 1.807) is 6.07 Å². The fraction of sp³-hybridized carbons (Fsp3) is 0.556. The van der Waals surface area contributed by atoms with E-state index in [1.807, 2.05) is 13.0 Å². The molecule has 0 aliphatic heterocycles. The Labute approximate surface area is 213 Å². The van der Waals surface area contributed by atoms with Crippen molar-refractivity contribution in [1.82, 2.24) is 19.9 Å². The molecule has 2 aromatic heterocycles. The van der Waals surface area contributed by atoms with Gasteiger partial charge in [0.2, 0.25) is 0 Å². The maximum Gasteiger partial charge on any atom is 0.186 e. The topological polar surface area (TPSA) is 73.8 Å². The number of aromatic nitrogens is 4. The first kappa shape index (κ1) is 27.1. The highest BCUT2D eigenvalue weighted by molar-refractivity contribution is 5.85. The summed E-state index contributed by atoms with van der Waals surface area (Å²) in [4.78, 5) is 13.1. The molecule has 0 unspecified atom stereocenters. The molecule has 190 valence electrons. The van der Waals surface area contributed by atoms with E-state index in [4.69, 9.17) is 4.52 Å². The largest absolute Gasteiger partial charge is 0.361 e. The molecule has 1 aliphatic rings. The number of halogens is 2. The lowest BCUT2D eigenvalue weighted by atomic mass is 9.89. The first-order valence-corrected chi connectivity index (χ1v) is 12.4. The van der Waals surface area contributed by atoms with Gasteiger partial charge >= 0.3 is 0 Å². The molecule has 0 radical (unpaired) electrons. The van der Waals surface area contributed by atoms with Crippen molar-refractivity contribution < 1.29 is 13.7 Å². The first-order chi connectivity index (χ1) is 16.2. The highest BCUT2D eigenvalue weighted by atomic mass is 35.5. The van der Waals surface area contributed by atoms with Crippen molar-refractivity contribution in [3.63, 3.8) is 0 Å². The molecule has 3 aromatic rings. The van der Waals surface area contributed by atoms with Crippen LogP contribution in [0.2, 0.25) is 0 Å². The van der Waals surface area contributed by atoms with Crippen molar-refractivity contribution in [3.05, 3.63) is 52.8 Å². The zero-order valence-electron chi connectivity index (χ0n) is 21.3. The van der Waals surface area contributed by atoms with Gasteiger partial charge in [-0.05, 0) is 61.3 Å². The molecule has 0 N–H and O–H groups in total. The van der Waals surface area contributed by atoms with Crippen molar-refractivity contribution in [1.29, 1.82) is 0 Å². The molecule has 1 saturated carbocycles. The smallest absolute Gasteiger partial charge is 0.186 e. The van der Waals surface area contributed by atoms with Crippen LogP contribution in [0.25, 0.3) is 11.5 Å². The van der Waals surface area contributed by atoms with Gasteiger partial charge in [-0.15, -0.1) is 22.6 Å². The molecular formula is C27H36ClFN4O2. The summed E-state index contributed by atoms with van der Waals surface area (Å²) in [6.45, 7) is 10.5. The summed E-state index contributed by atoms with van der Waals surface area (Å²) < 4.78 is 21.2. The van der Waals surface area contributed by atoms with Crippen LogP contribution in [0.5, 0.6) is 0 Å². The van der Waals surface area contributed by atoms with Gasteiger partial charge in [-0.25, -0.2) is 4.39 Å². The van der Waals surface area contributed by atoms with Crippen LogP contribution < -0.4 is 0 Å². The van der Waals surface area contributed by atoms with Gasteiger partial charge in [0, 0.05) is 37.3 Å². The molecule has 0 bridgehead atoms.